The fourth-order valence-corrected chi connectivity index (χ4v) is 5.37. The Morgan fingerprint density at radius 2 is 1.97 bits per heavy atom. The molecule has 3 rings (SSSR count). The fourth-order valence-electron chi connectivity index (χ4n) is 3.52. The van der Waals surface area contributed by atoms with Crippen molar-refractivity contribution < 1.29 is 18.8 Å². The van der Waals surface area contributed by atoms with Gasteiger partial charge in [0, 0.05) is 5.38 Å². The number of benzene rings is 1. The molecule has 3 atom stereocenters. The van der Waals surface area contributed by atoms with Gasteiger partial charge in [0.15, 0.2) is 8.32 Å². The molecule has 1 aliphatic rings. The van der Waals surface area contributed by atoms with Gasteiger partial charge in [-0.05, 0) is 43.6 Å². The minimum Gasteiger partial charge on any atom is -0.439 e. The molecule has 1 aromatic carbocycles. The van der Waals surface area contributed by atoms with Gasteiger partial charge >= 0.3 is 6.09 Å². The summed E-state index contributed by atoms with van der Waals surface area (Å²) in [5.41, 5.74) is 1.72. The van der Waals surface area contributed by atoms with Crippen LogP contribution < -0.4 is 0 Å². The highest BCUT2D eigenvalue weighted by Gasteiger charge is 2.44. The smallest absolute Gasteiger partial charge is 0.417 e. The predicted octanol–water partition coefficient (Wildman–Crippen LogP) is 6.35. The molecule has 1 fully saturated rings. The molecule has 33 heavy (non-hydrogen) atoms. The summed E-state index contributed by atoms with van der Waals surface area (Å²) in [6, 6.07) is 9.12. The Bertz CT molecular complexity index is 1010. The highest BCUT2D eigenvalue weighted by molar-refractivity contribution is 7.09. The van der Waals surface area contributed by atoms with Gasteiger partial charge in [-0.2, -0.15) is 0 Å². The van der Waals surface area contributed by atoms with E-state index >= 15 is 0 Å². The van der Waals surface area contributed by atoms with Crippen LogP contribution in [0, 0.1) is 6.92 Å². The van der Waals surface area contributed by atoms with Crippen LogP contribution in [-0.4, -0.2) is 42.3 Å². The Hall–Kier alpha value is -2.29. The van der Waals surface area contributed by atoms with Crippen LogP contribution in [0.3, 0.4) is 0 Å². The second kappa shape index (κ2) is 9.91. The summed E-state index contributed by atoms with van der Waals surface area (Å²) in [6.45, 7) is 14.6. The summed E-state index contributed by atoms with van der Waals surface area (Å²) < 4.78 is 12.1. The summed E-state index contributed by atoms with van der Waals surface area (Å²) >= 11 is 1.58. The number of thiazole rings is 1. The van der Waals surface area contributed by atoms with Crippen molar-refractivity contribution in [3.8, 4) is 0 Å². The number of hydrogen-bond acceptors (Lipinski definition) is 6. The number of aromatic nitrogens is 1. The van der Waals surface area contributed by atoms with E-state index in [1.807, 2.05) is 61.7 Å². The average Bonchev–Trinajstić information content (AvgIpc) is 3.27. The van der Waals surface area contributed by atoms with Gasteiger partial charge in [0.05, 0.1) is 29.3 Å². The van der Waals surface area contributed by atoms with E-state index < -0.39 is 32.7 Å². The third-order valence-electron chi connectivity index (χ3n) is 6.41. The van der Waals surface area contributed by atoms with Crippen LogP contribution in [0.5, 0.6) is 0 Å². The molecule has 2 aromatic rings. The number of rotatable bonds is 7. The largest absolute Gasteiger partial charge is 0.439 e. The maximum atomic E-state index is 13.3. The minimum absolute atomic E-state index is 0.0162. The summed E-state index contributed by atoms with van der Waals surface area (Å²) in [7, 11) is -2.16. The number of hydrogen-bond donors (Lipinski definition) is 0. The van der Waals surface area contributed by atoms with Crippen molar-refractivity contribution in [3.63, 3.8) is 0 Å². The van der Waals surface area contributed by atoms with Gasteiger partial charge in [-0.25, -0.2) is 14.7 Å². The normalized spacial score (nSPS) is 20.3. The van der Waals surface area contributed by atoms with Crippen molar-refractivity contribution in [3.05, 3.63) is 58.1 Å². The zero-order valence-electron chi connectivity index (χ0n) is 20.5. The van der Waals surface area contributed by atoms with Crippen LogP contribution in [-0.2, 0) is 14.0 Å². The Morgan fingerprint density at radius 3 is 2.55 bits per heavy atom. The lowest BCUT2D eigenvalue weighted by Crippen LogP contribution is -2.45. The van der Waals surface area contributed by atoms with Gasteiger partial charge in [0.2, 0.25) is 5.91 Å². The van der Waals surface area contributed by atoms with E-state index in [0.717, 1.165) is 16.3 Å². The van der Waals surface area contributed by atoms with Crippen molar-refractivity contribution in [2.24, 2.45) is 0 Å². The van der Waals surface area contributed by atoms with Gasteiger partial charge in [-0.1, -0.05) is 57.2 Å². The first-order chi connectivity index (χ1) is 15.4. The zero-order chi connectivity index (χ0) is 24.4. The maximum Gasteiger partial charge on any atom is 0.417 e. The van der Waals surface area contributed by atoms with Crippen LogP contribution >= 0.6 is 11.3 Å². The lowest BCUT2D eigenvalue weighted by atomic mass is 10.0. The predicted molar refractivity (Wildman–Crippen MR) is 135 cm³/mol. The first-order valence-electron chi connectivity index (χ1n) is 11.2. The number of amides is 2. The summed E-state index contributed by atoms with van der Waals surface area (Å²) in [5, 5.41) is 2.94. The van der Waals surface area contributed by atoms with Gasteiger partial charge in [-0.15, -0.1) is 11.3 Å². The molecule has 0 saturated carbocycles. The topological polar surface area (TPSA) is 68.7 Å². The van der Waals surface area contributed by atoms with Crippen LogP contribution in [0.15, 0.2) is 41.8 Å². The molecule has 8 heteroatoms. The Balaban J connectivity index is 1.80. The first-order valence-corrected chi connectivity index (χ1v) is 15.0. The van der Waals surface area contributed by atoms with Gasteiger partial charge in [0.1, 0.15) is 6.10 Å². The van der Waals surface area contributed by atoms with Crippen LogP contribution in [0.2, 0.25) is 18.1 Å². The maximum absolute atomic E-state index is 13.3. The number of cyclic esters (lactones) is 1. The summed E-state index contributed by atoms with van der Waals surface area (Å²) in [6.07, 6.45) is 2.31. The highest BCUT2D eigenvalue weighted by atomic mass is 32.1. The van der Waals surface area contributed by atoms with E-state index in [4.69, 9.17) is 9.16 Å². The third-order valence-corrected chi connectivity index (χ3v) is 11.7. The molecule has 1 aliphatic heterocycles. The van der Waals surface area contributed by atoms with E-state index in [1.54, 1.807) is 11.3 Å². The molecule has 178 valence electrons. The molecule has 2 amide bonds. The van der Waals surface area contributed by atoms with E-state index in [-0.39, 0.29) is 17.4 Å². The number of ether oxygens (including phenoxy) is 1. The second-order valence-corrected chi connectivity index (χ2v) is 15.8. The van der Waals surface area contributed by atoms with E-state index in [0.29, 0.717) is 0 Å². The zero-order valence-corrected chi connectivity index (χ0v) is 22.3. The molecule has 1 saturated heterocycles. The number of imide groups is 1. The van der Waals surface area contributed by atoms with Crippen LogP contribution in [0.25, 0.3) is 6.08 Å². The number of aryl methyl sites for hydroxylation is 1. The molecular weight excluding hydrogens is 452 g/mol. The van der Waals surface area contributed by atoms with Crippen LogP contribution in [0.1, 0.15) is 56.5 Å². The van der Waals surface area contributed by atoms with E-state index in [1.165, 1.54) is 4.90 Å². The number of carbonyl (C=O) groups excluding carboxylic acids is 2. The lowest BCUT2D eigenvalue weighted by molar-refractivity contribution is -0.130. The van der Waals surface area contributed by atoms with Crippen molar-refractivity contribution in [2.75, 3.05) is 0 Å². The fraction of sp³-hybridized carbons (Fsp3) is 0.480. The van der Waals surface area contributed by atoms with Gasteiger partial charge in [-0.3, -0.25) is 4.79 Å². The van der Waals surface area contributed by atoms with Crippen LogP contribution in [0.4, 0.5) is 4.79 Å². The lowest BCUT2D eigenvalue weighted by Gasteiger charge is -2.38. The summed E-state index contributed by atoms with van der Waals surface area (Å²) in [4.78, 5) is 31.7. The molecule has 0 aliphatic carbocycles. The molecule has 0 N–H and O–H groups in total. The molecule has 0 bridgehead atoms. The van der Waals surface area contributed by atoms with Gasteiger partial charge in [0.25, 0.3) is 0 Å². The monoisotopic (exact) mass is 486 g/mol. The molecule has 2 heterocycles. The second-order valence-electron chi connectivity index (χ2n) is 9.99. The van der Waals surface area contributed by atoms with Crippen molar-refractivity contribution in [1.82, 2.24) is 9.88 Å². The SMILES string of the molecule is Cc1nc(/C=C/[C@H](CC(=O)N2C(=O)O[C@H](c3ccccc3)[C@@H]2C)O[Si](C)(C)C(C)(C)C)cs1. The minimum atomic E-state index is -2.16. The van der Waals surface area contributed by atoms with E-state index in [9.17, 15) is 9.59 Å². The quantitative estimate of drug-likeness (QED) is 0.426. The Morgan fingerprint density at radius 1 is 1.30 bits per heavy atom. The van der Waals surface area contributed by atoms with Crippen molar-refractivity contribution in [1.29, 1.82) is 0 Å². The molecule has 0 radical (unpaired) electrons. The third kappa shape index (κ3) is 5.99. The molecular formula is C25H34N2O4SSi. The molecule has 6 nitrogen and oxygen atoms in total. The van der Waals surface area contributed by atoms with Gasteiger partial charge < -0.3 is 9.16 Å². The average molecular weight is 487 g/mol. The number of carbonyl (C=O) groups is 2. The highest BCUT2D eigenvalue weighted by Crippen LogP contribution is 2.38. The summed E-state index contributed by atoms with van der Waals surface area (Å²) in [5.74, 6) is -0.297. The van der Waals surface area contributed by atoms with Crippen molar-refractivity contribution >= 4 is 37.7 Å². The Kier molecular flexibility index (Phi) is 7.61. The molecule has 1 aromatic heterocycles. The van der Waals surface area contributed by atoms with E-state index in [2.05, 4.69) is 38.8 Å². The molecule has 0 unspecified atom stereocenters. The number of nitrogens with zero attached hydrogens (tertiary/aromatic N) is 2. The van der Waals surface area contributed by atoms with Crippen molar-refractivity contribution in [2.45, 2.75) is 77.4 Å². The first kappa shape index (κ1) is 25.3. The standard InChI is InChI=1S/C25H34N2O4SSi/c1-17-23(19-11-9-8-10-12-19)30-24(29)27(17)22(28)15-21(31-33(6,7)25(3,4)5)14-13-20-16-32-18(2)26-20/h8-14,16-17,21,23H,15H2,1-7H3/b14-13+/t17-,21+,23-/m0/s1. The molecule has 0 spiro atoms. The Labute approximate surface area is 201 Å².